The summed E-state index contributed by atoms with van der Waals surface area (Å²) in [6.07, 6.45) is 6.37. The zero-order chi connectivity index (χ0) is 29.9. The average Bonchev–Trinajstić information content (AvgIpc) is 2.94. The van der Waals surface area contributed by atoms with Crippen LogP contribution in [0.2, 0.25) is 13.1 Å². The maximum Gasteiger partial charge on any atom is 0.251 e. The van der Waals surface area contributed by atoms with Crippen molar-refractivity contribution in [3.05, 3.63) is 87.6 Å². The molecule has 2 aromatic rings. The minimum absolute atomic E-state index is 0.0473. The maximum atomic E-state index is 13.1. The summed E-state index contributed by atoms with van der Waals surface area (Å²) in [5.74, 6) is -1.59. The number of benzene rings is 2. The number of hydrogen-bond donors (Lipinski definition) is 1. The number of anilines is 1. The summed E-state index contributed by atoms with van der Waals surface area (Å²) in [5.41, 5.74) is 5.83. The molecule has 0 spiro atoms. The Morgan fingerprint density at radius 3 is 2.41 bits per heavy atom. The number of carboxylic acid groups (broad SMARTS) is 1. The fourth-order valence-electron chi connectivity index (χ4n) is 5.32. The fraction of sp³-hybridized carbons (Fsp3) is 0.344. The molecule has 1 aliphatic heterocycles. The molecule has 8 nitrogen and oxygen atoms in total. The van der Waals surface area contributed by atoms with E-state index in [-0.39, 0.29) is 11.5 Å². The van der Waals surface area contributed by atoms with E-state index >= 15 is 0 Å². The highest BCUT2D eigenvalue weighted by atomic mass is 28.3. The van der Waals surface area contributed by atoms with E-state index in [0.29, 0.717) is 37.5 Å². The van der Waals surface area contributed by atoms with E-state index in [2.05, 4.69) is 64.3 Å². The molecule has 1 aliphatic carbocycles. The summed E-state index contributed by atoms with van der Waals surface area (Å²) in [6, 6.07) is 11.0. The highest BCUT2D eigenvalue weighted by molar-refractivity contribution is 6.98. The first-order valence-electron chi connectivity index (χ1n) is 13.7. The van der Waals surface area contributed by atoms with E-state index in [1.165, 1.54) is 22.5 Å². The third-order valence-corrected chi connectivity index (χ3v) is 11.2. The first-order valence-corrected chi connectivity index (χ1v) is 16.7. The van der Waals surface area contributed by atoms with Gasteiger partial charge in [0.15, 0.2) is 5.71 Å². The Labute approximate surface area is 243 Å². The highest BCUT2D eigenvalue weighted by Crippen LogP contribution is 2.42. The number of methoxy groups -OCH3 is 1. The van der Waals surface area contributed by atoms with E-state index in [4.69, 9.17) is 9.47 Å². The van der Waals surface area contributed by atoms with Crippen LogP contribution in [-0.4, -0.2) is 91.9 Å². The van der Waals surface area contributed by atoms with Gasteiger partial charge in [0.05, 0.1) is 25.8 Å². The van der Waals surface area contributed by atoms with Crippen LogP contribution >= 0.6 is 0 Å². The van der Waals surface area contributed by atoms with E-state index in [9.17, 15) is 14.7 Å². The predicted octanol–water partition coefficient (Wildman–Crippen LogP) is 1.99. The van der Waals surface area contributed by atoms with Crippen LogP contribution in [0.5, 0.6) is 0 Å². The molecule has 2 aromatic carbocycles. The number of carbonyl (C=O) groups is 2. The van der Waals surface area contributed by atoms with E-state index in [1.807, 2.05) is 28.2 Å². The third kappa shape index (κ3) is 6.12. The van der Waals surface area contributed by atoms with Gasteiger partial charge in [-0.05, 0) is 63.0 Å². The van der Waals surface area contributed by atoms with Gasteiger partial charge in [0.25, 0.3) is 5.91 Å². The lowest BCUT2D eigenvalue weighted by Crippen LogP contribution is -2.50. The molecule has 9 heteroatoms. The van der Waals surface area contributed by atoms with Crippen LogP contribution in [0.4, 0.5) is 5.69 Å². The van der Waals surface area contributed by atoms with Crippen LogP contribution in [0.15, 0.2) is 65.4 Å². The van der Waals surface area contributed by atoms with Gasteiger partial charge in [0.2, 0.25) is 0 Å². The molecule has 1 N–H and O–H groups in total. The molecule has 0 unspecified atom stereocenters. The second-order valence-electron chi connectivity index (χ2n) is 11.2. The van der Waals surface area contributed by atoms with Gasteiger partial charge < -0.3 is 29.6 Å². The number of ether oxygens (including phenoxy) is 2. The minimum Gasteiger partial charge on any atom is -0.545 e. The molecule has 1 heterocycles. The van der Waals surface area contributed by atoms with Gasteiger partial charge in [-0.15, -0.1) is 0 Å². The number of carboxylic acids is 1. The quantitative estimate of drug-likeness (QED) is 0.266. The number of hydrogen-bond acceptors (Lipinski definition) is 6. The van der Waals surface area contributed by atoms with Crippen LogP contribution in [0, 0.1) is 0 Å². The van der Waals surface area contributed by atoms with Gasteiger partial charge in [0, 0.05) is 56.7 Å². The van der Waals surface area contributed by atoms with Crippen LogP contribution in [0.3, 0.4) is 0 Å². The van der Waals surface area contributed by atoms with Gasteiger partial charge in [0.1, 0.15) is 22.2 Å². The van der Waals surface area contributed by atoms with Crippen molar-refractivity contribution >= 4 is 42.1 Å². The third-order valence-electron chi connectivity index (χ3n) is 7.66. The molecule has 0 aromatic heterocycles. The number of carbonyl (C=O) groups excluding carboxylic acids is 2. The van der Waals surface area contributed by atoms with Crippen molar-refractivity contribution in [2.45, 2.75) is 13.1 Å². The van der Waals surface area contributed by atoms with Crippen LogP contribution in [0.25, 0.3) is 5.57 Å². The van der Waals surface area contributed by atoms with Crippen molar-refractivity contribution in [1.82, 2.24) is 5.32 Å². The van der Waals surface area contributed by atoms with Crippen molar-refractivity contribution in [2.24, 2.45) is 0 Å². The number of amides is 1. The number of aromatic carboxylic acids is 1. The molecule has 1 amide bonds. The number of nitrogens with one attached hydrogen (secondary N) is 1. The lowest BCUT2D eigenvalue weighted by Gasteiger charge is -2.38. The number of allylic oxidation sites excluding steroid dienone is 5. The van der Waals surface area contributed by atoms with E-state index in [0.717, 1.165) is 28.1 Å². The van der Waals surface area contributed by atoms with E-state index in [1.54, 1.807) is 13.2 Å². The Bertz CT molecular complexity index is 1500. The molecular weight excluding hydrogens is 534 g/mol. The van der Waals surface area contributed by atoms with Gasteiger partial charge in [-0.25, -0.2) is 4.58 Å². The first-order chi connectivity index (χ1) is 19.5. The van der Waals surface area contributed by atoms with Gasteiger partial charge >= 0.3 is 0 Å². The molecule has 0 radical (unpaired) electrons. The monoisotopic (exact) mass is 573 g/mol. The van der Waals surface area contributed by atoms with Crippen molar-refractivity contribution in [3.8, 4) is 0 Å². The Balaban J connectivity index is 1.89. The zero-order valence-electron chi connectivity index (χ0n) is 25.0. The normalized spacial score (nSPS) is 15.2. The molecule has 41 heavy (non-hydrogen) atoms. The lowest BCUT2D eigenvalue weighted by molar-refractivity contribution is -0.462. The first kappa shape index (κ1) is 30.2. The summed E-state index contributed by atoms with van der Waals surface area (Å²) in [6.45, 7) is 6.26. The minimum atomic E-state index is -2.21. The summed E-state index contributed by atoms with van der Waals surface area (Å²) in [5, 5.41) is 17.7. The molecule has 2 aliphatic rings. The summed E-state index contributed by atoms with van der Waals surface area (Å²) in [7, 11) is 7.45. The molecule has 0 atom stereocenters. The van der Waals surface area contributed by atoms with Crippen LogP contribution < -0.4 is 20.5 Å². The predicted molar refractivity (Wildman–Crippen MR) is 164 cm³/mol. The number of nitrogens with zero attached hydrogens (tertiary/aromatic N) is 2. The Morgan fingerprint density at radius 1 is 1.00 bits per heavy atom. The molecule has 0 saturated heterocycles. The van der Waals surface area contributed by atoms with Gasteiger partial charge in [-0.3, -0.25) is 4.79 Å². The molecule has 0 fully saturated rings. The molecule has 0 saturated carbocycles. The number of fused-ring (bicyclic) bond motifs is 2. The largest absolute Gasteiger partial charge is 0.545 e. The van der Waals surface area contributed by atoms with Crippen molar-refractivity contribution in [1.29, 1.82) is 0 Å². The van der Waals surface area contributed by atoms with Crippen LogP contribution in [0.1, 0.15) is 31.8 Å². The van der Waals surface area contributed by atoms with Gasteiger partial charge in [-0.1, -0.05) is 25.2 Å². The Morgan fingerprint density at radius 2 is 1.76 bits per heavy atom. The topological polar surface area (TPSA) is 93.9 Å². The van der Waals surface area contributed by atoms with Crippen molar-refractivity contribution in [3.63, 3.8) is 0 Å². The smallest absolute Gasteiger partial charge is 0.251 e. The van der Waals surface area contributed by atoms with Crippen LogP contribution in [-0.2, 0) is 9.47 Å². The second kappa shape index (κ2) is 12.4. The van der Waals surface area contributed by atoms with Crippen molar-refractivity contribution < 1.29 is 28.7 Å². The summed E-state index contributed by atoms with van der Waals surface area (Å²) >= 11 is 0. The molecule has 4 rings (SSSR count). The van der Waals surface area contributed by atoms with Gasteiger partial charge in [-0.2, -0.15) is 0 Å². The zero-order valence-corrected chi connectivity index (χ0v) is 26.0. The van der Waals surface area contributed by atoms with Crippen molar-refractivity contribution in [2.75, 3.05) is 66.6 Å². The lowest BCUT2D eigenvalue weighted by atomic mass is 9.86. The average molecular weight is 574 g/mol. The Kier molecular flexibility index (Phi) is 9.11. The number of rotatable bonds is 10. The maximum absolute atomic E-state index is 13.1. The second-order valence-corrected chi connectivity index (χ2v) is 15.5. The van der Waals surface area contributed by atoms with E-state index < -0.39 is 14.0 Å². The standard InChI is InChI=1S/C32H39N3O5Si/c1-34(2)22-9-12-25-28(19-22)41(6,7)29-20-23(35(3)4)10-13-26(29)30(25)27-18-21(8-11-24(27)32(37)38)31(36)33-14-15-40-17-16-39-5/h8-13,18-20H,14-17H2,1-7H3,(H-,33,36,37,38). The summed E-state index contributed by atoms with van der Waals surface area (Å²) in [4.78, 5) is 27.6. The SMILES string of the molecule is COCCOCCNC(=O)c1ccc(C(=O)[O-])c(C2=C3C=CC(=[N+](C)C)C=C3[Si](C)(C)c3cc(N(C)C)ccc32)c1. The highest BCUT2D eigenvalue weighted by Gasteiger charge is 2.41. The Hall–Kier alpha value is -3.79. The molecule has 0 bridgehead atoms. The molecular formula is C32H39N3O5Si. The molecule has 216 valence electrons. The fourth-order valence-corrected chi connectivity index (χ4v) is 8.40. The summed E-state index contributed by atoms with van der Waals surface area (Å²) < 4.78 is 12.5.